The number of hydrogen-bond acceptors (Lipinski definition) is 6. The van der Waals surface area contributed by atoms with Gasteiger partial charge in [-0.1, -0.05) is 44.2 Å². The van der Waals surface area contributed by atoms with Gasteiger partial charge in [0, 0.05) is 30.9 Å². The molecule has 2 aromatic rings. The molecule has 9 heteroatoms. The zero-order valence-electron chi connectivity index (χ0n) is 22.2. The van der Waals surface area contributed by atoms with Crippen molar-refractivity contribution >= 4 is 27.3 Å². The van der Waals surface area contributed by atoms with E-state index < -0.39 is 22.2 Å². The number of aliphatic hydroxyl groups excluding tert-OH is 1. The number of carbonyl (C=O) groups is 1. The van der Waals surface area contributed by atoms with Crippen LogP contribution in [0.3, 0.4) is 0 Å². The minimum Gasteiger partial charge on any atom is -0.390 e. The minimum absolute atomic E-state index is 0.106. The van der Waals surface area contributed by atoms with Crippen LogP contribution in [0, 0.1) is 5.92 Å². The SMILES string of the molecule is CCNc1cc(C(=O)N[C@@H](Cc2ccccc2)[C@H](O)CNCCC(C)C)cc(N2CCCCS2(=O)=O)c1. The van der Waals surface area contributed by atoms with Crippen LogP contribution >= 0.6 is 0 Å². The van der Waals surface area contributed by atoms with Crippen LogP contribution in [-0.4, -0.2) is 63.5 Å². The number of benzene rings is 2. The molecule has 2 aromatic carbocycles. The molecule has 1 aliphatic rings. The van der Waals surface area contributed by atoms with Crippen LogP contribution in [-0.2, 0) is 16.4 Å². The Morgan fingerprint density at radius 2 is 1.86 bits per heavy atom. The van der Waals surface area contributed by atoms with Gasteiger partial charge in [-0.2, -0.15) is 0 Å². The van der Waals surface area contributed by atoms with Crippen LogP contribution in [0.1, 0.15) is 56.0 Å². The van der Waals surface area contributed by atoms with Gasteiger partial charge in [-0.15, -0.1) is 0 Å². The summed E-state index contributed by atoms with van der Waals surface area (Å²) in [5.41, 5.74) is 2.53. The topological polar surface area (TPSA) is 111 Å². The molecule has 37 heavy (non-hydrogen) atoms. The average Bonchev–Trinajstić information content (AvgIpc) is 2.86. The fourth-order valence-electron chi connectivity index (χ4n) is 4.46. The van der Waals surface area contributed by atoms with Gasteiger partial charge in [-0.3, -0.25) is 9.10 Å². The first-order chi connectivity index (χ1) is 17.7. The van der Waals surface area contributed by atoms with E-state index in [9.17, 15) is 18.3 Å². The molecule has 1 aliphatic heterocycles. The fraction of sp³-hybridized carbons (Fsp3) is 0.536. The highest BCUT2D eigenvalue weighted by atomic mass is 32.2. The fourth-order valence-corrected chi connectivity index (χ4v) is 6.08. The Morgan fingerprint density at radius 3 is 2.54 bits per heavy atom. The molecular formula is C28H42N4O4S. The monoisotopic (exact) mass is 530 g/mol. The Bertz CT molecular complexity index is 1110. The predicted molar refractivity (Wildman–Crippen MR) is 151 cm³/mol. The van der Waals surface area contributed by atoms with Crippen molar-refractivity contribution in [3.05, 3.63) is 59.7 Å². The van der Waals surface area contributed by atoms with Gasteiger partial charge in [0.15, 0.2) is 0 Å². The maximum atomic E-state index is 13.5. The molecule has 1 heterocycles. The van der Waals surface area contributed by atoms with Crippen LogP contribution in [0.2, 0.25) is 0 Å². The summed E-state index contributed by atoms with van der Waals surface area (Å²) in [6, 6.07) is 14.4. The first-order valence-corrected chi connectivity index (χ1v) is 14.9. The summed E-state index contributed by atoms with van der Waals surface area (Å²) < 4.78 is 26.9. The third-order valence-corrected chi connectivity index (χ3v) is 8.40. The van der Waals surface area contributed by atoms with Gasteiger partial charge in [0.2, 0.25) is 10.0 Å². The average molecular weight is 531 g/mol. The van der Waals surface area contributed by atoms with Crippen LogP contribution < -0.4 is 20.3 Å². The van der Waals surface area contributed by atoms with Crippen molar-refractivity contribution in [1.82, 2.24) is 10.6 Å². The number of rotatable bonds is 13. The number of nitrogens with zero attached hydrogens (tertiary/aromatic N) is 1. The van der Waals surface area contributed by atoms with Gasteiger partial charge in [0.05, 0.1) is 23.6 Å². The zero-order valence-corrected chi connectivity index (χ0v) is 23.1. The number of hydrogen-bond donors (Lipinski definition) is 4. The van der Waals surface area contributed by atoms with Crippen molar-refractivity contribution in [2.75, 3.05) is 41.6 Å². The molecule has 0 aromatic heterocycles. The summed E-state index contributed by atoms with van der Waals surface area (Å²) in [4.78, 5) is 13.5. The standard InChI is InChI=1S/C28H42N4O4S/c1-4-30-24-17-23(18-25(19-24)32-14-8-9-15-37(32,35)36)28(34)31-26(16-22-10-6-5-7-11-22)27(33)20-29-13-12-21(2)3/h5-7,10-11,17-19,21,26-27,29-30,33H,4,8-9,12-16,20H2,1-3H3,(H,31,34)/t26-,27+/m0/s1. The second-order valence-corrected chi connectivity index (χ2v) is 12.1. The largest absolute Gasteiger partial charge is 0.390 e. The second-order valence-electron chi connectivity index (χ2n) is 10.1. The lowest BCUT2D eigenvalue weighted by Gasteiger charge is -2.29. The predicted octanol–water partition coefficient (Wildman–Crippen LogP) is 3.39. The van der Waals surface area contributed by atoms with Crippen molar-refractivity contribution in [3.63, 3.8) is 0 Å². The third kappa shape index (κ3) is 8.72. The number of nitrogens with one attached hydrogen (secondary N) is 3. The summed E-state index contributed by atoms with van der Waals surface area (Å²) in [7, 11) is -3.42. The molecule has 0 saturated carbocycles. The van der Waals surface area contributed by atoms with E-state index in [0.717, 1.165) is 24.9 Å². The molecule has 3 rings (SSSR count). The number of sulfonamides is 1. The van der Waals surface area contributed by atoms with E-state index in [1.165, 1.54) is 4.31 Å². The Morgan fingerprint density at radius 1 is 1.11 bits per heavy atom. The van der Waals surface area contributed by atoms with E-state index in [4.69, 9.17) is 0 Å². The number of anilines is 2. The molecule has 2 atom stereocenters. The molecule has 0 spiro atoms. The molecule has 204 valence electrons. The maximum absolute atomic E-state index is 13.5. The summed E-state index contributed by atoms with van der Waals surface area (Å²) >= 11 is 0. The lowest BCUT2D eigenvalue weighted by atomic mass is 10.00. The Labute approximate surface area is 221 Å². The third-order valence-electron chi connectivity index (χ3n) is 6.53. The van der Waals surface area contributed by atoms with Gasteiger partial charge >= 0.3 is 0 Å². The highest BCUT2D eigenvalue weighted by Gasteiger charge is 2.28. The first-order valence-electron chi connectivity index (χ1n) is 13.3. The van der Waals surface area contributed by atoms with Crippen molar-refractivity contribution in [1.29, 1.82) is 0 Å². The Kier molecular flexibility index (Phi) is 10.8. The number of aliphatic hydroxyl groups is 1. The second kappa shape index (κ2) is 13.8. The molecule has 0 bridgehead atoms. The van der Waals surface area contributed by atoms with E-state index in [2.05, 4.69) is 29.8 Å². The van der Waals surface area contributed by atoms with Crippen molar-refractivity contribution < 1.29 is 18.3 Å². The van der Waals surface area contributed by atoms with Gasteiger partial charge in [0.25, 0.3) is 5.91 Å². The zero-order chi connectivity index (χ0) is 26.8. The summed E-state index contributed by atoms with van der Waals surface area (Å²) in [6.07, 6.45) is 2.10. The van der Waals surface area contributed by atoms with Gasteiger partial charge in [0.1, 0.15) is 0 Å². The Hall–Kier alpha value is -2.62. The first kappa shape index (κ1) is 28.9. The number of amides is 1. The minimum atomic E-state index is -3.42. The molecule has 0 aliphatic carbocycles. The molecule has 0 unspecified atom stereocenters. The van der Waals surface area contributed by atoms with Gasteiger partial charge < -0.3 is 21.1 Å². The van der Waals surface area contributed by atoms with E-state index in [0.29, 0.717) is 55.3 Å². The highest BCUT2D eigenvalue weighted by Crippen LogP contribution is 2.28. The lowest BCUT2D eigenvalue weighted by Crippen LogP contribution is -2.49. The molecule has 1 amide bonds. The smallest absolute Gasteiger partial charge is 0.251 e. The van der Waals surface area contributed by atoms with Crippen LogP contribution in [0.15, 0.2) is 48.5 Å². The summed E-state index contributed by atoms with van der Waals surface area (Å²) in [5, 5.41) is 20.6. The number of carbonyl (C=O) groups excluding carboxylic acids is 1. The normalized spacial score (nSPS) is 16.8. The maximum Gasteiger partial charge on any atom is 0.251 e. The van der Waals surface area contributed by atoms with E-state index in [1.807, 2.05) is 37.3 Å². The van der Waals surface area contributed by atoms with Crippen LogP contribution in [0.4, 0.5) is 11.4 Å². The highest BCUT2D eigenvalue weighted by molar-refractivity contribution is 7.92. The lowest BCUT2D eigenvalue weighted by molar-refractivity contribution is 0.0830. The van der Waals surface area contributed by atoms with Crippen molar-refractivity contribution in [2.24, 2.45) is 5.92 Å². The molecule has 1 saturated heterocycles. The summed E-state index contributed by atoms with van der Waals surface area (Å²) in [5.74, 6) is 0.318. The molecule has 8 nitrogen and oxygen atoms in total. The van der Waals surface area contributed by atoms with Crippen molar-refractivity contribution in [3.8, 4) is 0 Å². The van der Waals surface area contributed by atoms with E-state index >= 15 is 0 Å². The van der Waals surface area contributed by atoms with E-state index in [1.54, 1.807) is 18.2 Å². The van der Waals surface area contributed by atoms with E-state index in [-0.39, 0.29) is 11.7 Å². The van der Waals surface area contributed by atoms with Gasteiger partial charge in [-0.25, -0.2) is 8.42 Å². The Balaban J connectivity index is 1.83. The van der Waals surface area contributed by atoms with Gasteiger partial charge in [-0.05, 0) is 68.8 Å². The molecule has 0 radical (unpaired) electrons. The summed E-state index contributed by atoms with van der Waals surface area (Å²) in [6.45, 7) is 8.44. The quantitative estimate of drug-likeness (QED) is 0.296. The van der Waals surface area contributed by atoms with Crippen LogP contribution in [0.25, 0.3) is 0 Å². The molecule has 4 N–H and O–H groups in total. The van der Waals surface area contributed by atoms with Crippen molar-refractivity contribution in [2.45, 2.75) is 58.6 Å². The molecular weight excluding hydrogens is 488 g/mol. The molecule has 1 fully saturated rings. The van der Waals surface area contributed by atoms with Crippen LogP contribution in [0.5, 0.6) is 0 Å².